The van der Waals surface area contributed by atoms with E-state index in [0.29, 0.717) is 18.0 Å². The van der Waals surface area contributed by atoms with Crippen molar-refractivity contribution in [3.05, 3.63) is 57.9 Å². The monoisotopic (exact) mass is 330 g/mol. The number of non-ortho nitro benzene ring substituents is 1. The highest BCUT2D eigenvalue weighted by Gasteiger charge is 2.25. The summed E-state index contributed by atoms with van der Waals surface area (Å²) in [6.45, 7) is 2.38. The molecule has 1 aromatic heterocycles. The number of rotatable bonds is 6. The summed E-state index contributed by atoms with van der Waals surface area (Å²) in [6, 6.07) is 6.25. The molecule has 1 aromatic carbocycles. The van der Waals surface area contributed by atoms with Crippen molar-refractivity contribution >= 4 is 5.69 Å². The Balaban J connectivity index is 1.55. The van der Waals surface area contributed by atoms with E-state index in [4.69, 9.17) is 0 Å². The maximum Gasteiger partial charge on any atom is 0.269 e. The van der Waals surface area contributed by atoms with Gasteiger partial charge in [0.1, 0.15) is 0 Å². The molecule has 128 valence electrons. The average molecular weight is 330 g/mol. The maximum atomic E-state index is 10.8. The summed E-state index contributed by atoms with van der Waals surface area (Å²) in [6.07, 6.45) is 5.33. The highest BCUT2D eigenvalue weighted by Crippen LogP contribution is 2.25. The minimum absolute atomic E-state index is 0.0161. The summed E-state index contributed by atoms with van der Waals surface area (Å²) >= 11 is 0. The summed E-state index contributed by atoms with van der Waals surface area (Å²) < 4.78 is 1.81. The Hall–Kier alpha value is -2.25. The Morgan fingerprint density at radius 1 is 1.50 bits per heavy atom. The van der Waals surface area contributed by atoms with E-state index >= 15 is 0 Å². The van der Waals surface area contributed by atoms with Crippen molar-refractivity contribution in [3.63, 3.8) is 0 Å². The van der Waals surface area contributed by atoms with E-state index in [0.717, 1.165) is 25.9 Å². The van der Waals surface area contributed by atoms with Crippen LogP contribution in [0.2, 0.25) is 0 Å². The fourth-order valence-electron chi connectivity index (χ4n) is 3.35. The van der Waals surface area contributed by atoms with Gasteiger partial charge >= 0.3 is 0 Å². The fourth-order valence-corrected chi connectivity index (χ4v) is 3.35. The third-order valence-electron chi connectivity index (χ3n) is 4.55. The number of benzene rings is 1. The van der Waals surface area contributed by atoms with Crippen molar-refractivity contribution < 1.29 is 10.0 Å². The highest BCUT2D eigenvalue weighted by atomic mass is 16.6. The van der Waals surface area contributed by atoms with Gasteiger partial charge < -0.3 is 10.0 Å². The van der Waals surface area contributed by atoms with E-state index in [1.54, 1.807) is 12.1 Å². The third-order valence-corrected chi connectivity index (χ3v) is 4.55. The SMILES string of the molecule is Cn1cc(CC2CCN(CC(O)c3cccc([N+](=O)[O-])c3)C2)cn1. The van der Waals surface area contributed by atoms with Crippen LogP contribution in [0.15, 0.2) is 36.7 Å². The molecule has 3 rings (SSSR count). The molecule has 0 spiro atoms. The van der Waals surface area contributed by atoms with Crippen LogP contribution in [0.4, 0.5) is 5.69 Å². The number of likely N-dealkylation sites (tertiary alicyclic amines) is 1. The van der Waals surface area contributed by atoms with E-state index in [1.807, 2.05) is 24.1 Å². The first-order valence-electron chi connectivity index (χ1n) is 8.13. The number of aliphatic hydroxyl groups is 1. The Kier molecular flexibility index (Phi) is 4.92. The molecule has 0 saturated carbocycles. The zero-order valence-corrected chi connectivity index (χ0v) is 13.7. The fraction of sp³-hybridized carbons (Fsp3) is 0.471. The number of aromatic nitrogens is 2. The van der Waals surface area contributed by atoms with Gasteiger partial charge in [-0.25, -0.2) is 0 Å². The number of β-amino-alcohol motifs (C(OH)–C–C–N with tert-alkyl or cyclic N) is 1. The number of nitro groups is 1. The van der Waals surface area contributed by atoms with Gasteiger partial charge in [0.05, 0.1) is 17.2 Å². The quantitative estimate of drug-likeness (QED) is 0.646. The van der Waals surface area contributed by atoms with Gasteiger partial charge in [-0.15, -0.1) is 0 Å². The molecule has 1 aliphatic heterocycles. The minimum atomic E-state index is -0.706. The van der Waals surface area contributed by atoms with Crippen molar-refractivity contribution in [3.8, 4) is 0 Å². The van der Waals surface area contributed by atoms with Gasteiger partial charge in [0, 0.05) is 38.5 Å². The third kappa shape index (κ3) is 3.98. The largest absolute Gasteiger partial charge is 0.387 e. The van der Waals surface area contributed by atoms with Crippen molar-refractivity contribution in [2.75, 3.05) is 19.6 Å². The molecule has 0 aliphatic carbocycles. The molecule has 0 bridgehead atoms. The van der Waals surface area contributed by atoms with Gasteiger partial charge in [-0.1, -0.05) is 12.1 Å². The lowest BCUT2D eigenvalue weighted by Crippen LogP contribution is -2.26. The molecular formula is C17H22N4O3. The van der Waals surface area contributed by atoms with E-state index < -0.39 is 11.0 Å². The average Bonchev–Trinajstić information content (AvgIpc) is 3.17. The Morgan fingerprint density at radius 2 is 2.33 bits per heavy atom. The van der Waals surface area contributed by atoms with Crippen LogP contribution in [-0.2, 0) is 13.5 Å². The predicted octanol–water partition coefficient (Wildman–Crippen LogP) is 1.93. The first-order chi connectivity index (χ1) is 11.5. The molecule has 1 aliphatic rings. The maximum absolute atomic E-state index is 10.8. The number of aliphatic hydroxyl groups excluding tert-OH is 1. The zero-order chi connectivity index (χ0) is 17.1. The second-order valence-corrected chi connectivity index (χ2v) is 6.51. The molecule has 0 radical (unpaired) electrons. The van der Waals surface area contributed by atoms with Gasteiger partial charge in [-0.2, -0.15) is 5.10 Å². The van der Waals surface area contributed by atoms with Gasteiger partial charge in [0.2, 0.25) is 0 Å². The summed E-state index contributed by atoms with van der Waals surface area (Å²) in [4.78, 5) is 12.6. The molecule has 2 unspecified atom stereocenters. The van der Waals surface area contributed by atoms with E-state index in [1.165, 1.54) is 17.7 Å². The summed E-state index contributed by atoms with van der Waals surface area (Å²) in [7, 11) is 1.92. The van der Waals surface area contributed by atoms with Crippen molar-refractivity contribution in [1.82, 2.24) is 14.7 Å². The van der Waals surface area contributed by atoms with Crippen LogP contribution in [0.1, 0.15) is 23.7 Å². The number of nitrogens with zero attached hydrogens (tertiary/aromatic N) is 4. The predicted molar refractivity (Wildman–Crippen MR) is 89.5 cm³/mol. The Bertz CT molecular complexity index is 715. The van der Waals surface area contributed by atoms with E-state index in [9.17, 15) is 15.2 Å². The topological polar surface area (TPSA) is 84.4 Å². The van der Waals surface area contributed by atoms with Crippen molar-refractivity contribution in [2.45, 2.75) is 18.9 Å². The van der Waals surface area contributed by atoms with Crippen molar-refractivity contribution in [1.29, 1.82) is 0 Å². The lowest BCUT2D eigenvalue weighted by atomic mass is 10.0. The molecule has 24 heavy (non-hydrogen) atoms. The second kappa shape index (κ2) is 7.11. The summed E-state index contributed by atoms with van der Waals surface area (Å²) in [5, 5.41) is 25.4. The number of aryl methyl sites for hydroxylation is 1. The summed E-state index contributed by atoms with van der Waals surface area (Å²) in [5.41, 5.74) is 1.85. The van der Waals surface area contributed by atoms with Crippen LogP contribution < -0.4 is 0 Å². The van der Waals surface area contributed by atoms with Gasteiger partial charge in [0.25, 0.3) is 5.69 Å². The number of hydrogen-bond donors (Lipinski definition) is 1. The minimum Gasteiger partial charge on any atom is -0.387 e. The molecule has 1 N–H and O–H groups in total. The smallest absolute Gasteiger partial charge is 0.269 e. The number of hydrogen-bond acceptors (Lipinski definition) is 5. The first-order valence-corrected chi connectivity index (χ1v) is 8.13. The van der Waals surface area contributed by atoms with Crippen LogP contribution in [-0.4, -0.2) is 44.3 Å². The molecule has 7 nitrogen and oxygen atoms in total. The van der Waals surface area contributed by atoms with Crippen LogP contribution in [0.3, 0.4) is 0 Å². The molecule has 2 heterocycles. The number of nitro benzene ring substituents is 1. The van der Waals surface area contributed by atoms with Gasteiger partial charge in [-0.3, -0.25) is 14.8 Å². The molecule has 0 amide bonds. The normalized spacial score (nSPS) is 19.5. The second-order valence-electron chi connectivity index (χ2n) is 6.51. The van der Waals surface area contributed by atoms with E-state index in [-0.39, 0.29) is 5.69 Å². The Labute approximate surface area is 140 Å². The molecule has 2 atom stereocenters. The van der Waals surface area contributed by atoms with Crippen LogP contribution in [0.25, 0.3) is 0 Å². The zero-order valence-electron chi connectivity index (χ0n) is 13.7. The Morgan fingerprint density at radius 3 is 3.04 bits per heavy atom. The lowest BCUT2D eigenvalue weighted by molar-refractivity contribution is -0.385. The summed E-state index contributed by atoms with van der Waals surface area (Å²) in [5.74, 6) is 0.562. The van der Waals surface area contributed by atoms with Gasteiger partial charge in [-0.05, 0) is 36.4 Å². The van der Waals surface area contributed by atoms with Crippen LogP contribution in [0.5, 0.6) is 0 Å². The molecule has 2 aromatic rings. The molecule has 1 saturated heterocycles. The van der Waals surface area contributed by atoms with E-state index in [2.05, 4.69) is 10.00 Å². The van der Waals surface area contributed by atoms with Crippen LogP contribution in [0, 0.1) is 16.0 Å². The lowest BCUT2D eigenvalue weighted by Gasteiger charge is -2.20. The molecular weight excluding hydrogens is 308 g/mol. The standard InChI is InChI=1S/C17H22N4O3/c1-19-10-14(9-18-19)7-13-5-6-20(11-13)12-17(22)15-3-2-4-16(8-15)21(23)24/h2-4,8-10,13,17,22H,5-7,11-12H2,1H3. The van der Waals surface area contributed by atoms with Crippen LogP contribution >= 0.6 is 0 Å². The van der Waals surface area contributed by atoms with Crippen molar-refractivity contribution in [2.24, 2.45) is 13.0 Å². The van der Waals surface area contributed by atoms with Gasteiger partial charge in [0.15, 0.2) is 0 Å². The molecule has 1 fully saturated rings. The molecule has 7 heteroatoms. The highest BCUT2D eigenvalue weighted by molar-refractivity contribution is 5.35. The first kappa shape index (κ1) is 16.6.